The van der Waals surface area contributed by atoms with Crippen molar-refractivity contribution >= 4 is 27.3 Å². The Hall–Kier alpha value is -1.53. The molecule has 2 atom stereocenters. The average Bonchev–Trinajstić information content (AvgIpc) is 2.90. The topological polar surface area (TPSA) is 45.2 Å². The van der Waals surface area contributed by atoms with Crippen LogP contribution in [0.25, 0.3) is 10.1 Å². The third-order valence-corrected chi connectivity index (χ3v) is 5.97. The number of hydrogen-bond acceptors (Lipinski definition) is 4. The maximum absolute atomic E-state index is 13.3. The number of fused-ring (bicyclic) bond motifs is 4. The van der Waals surface area contributed by atoms with E-state index >= 15 is 0 Å². The molecule has 2 unspecified atom stereocenters. The minimum absolute atomic E-state index is 0.152. The maximum atomic E-state index is 13.3. The van der Waals surface area contributed by atoms with Crippen molar-refractivity contribution in [2.45, 2.75) is 31.8 Å². The van der Waals surface area contributed by atoms with Crippen molar-refractivity contribution in [3.05, 3.63) is 29.2 Å². The van der Waals surface area contributed by atoms with Gasteiger partial charge in [-0.2, -0.15) is 4.39 Å². The van der Waals surface area contributed by atoms with Crippen LogP contribution in [0.15, 0.2) is 18.3 Å². The lowest BCUT2D eigenvalue weighted by Crippen LogP contribution is -2.62. The number of amides is 1. The number of halogens is 1. The molecule has 3 fully saturated rings. The van der Waals surface area contributed by atoms with Crippen LogP contribution in [0.5, 0.6) is 0 Å². The molecule has 1 amide bonds. The zero-order chi connectivity index (χ0) is 15.3. The van der Waals surface area contributed by atoms with E-state index in [0.717, 1.165) is 47.4 Å². The predicted molar refractivity (Wildman–Crippen MR) is 84.6 cm³/mol. The van der Waals surface area contributed by atoms with E-state index in [2.05, 4.69) is 22.1 Å². The van der Waals surface area contributed by atoms with Crippen molar-refractivity contribution in [2.75, 3.05) is 13.1 Å². The standard InChI is InChI=1S/C16H18FN3OS/c1-9-15(10-2-4-20(9)5-3-10)19-16(21)12-7-13-11(8-18-12)6-14(17)22-13/h6-10,15H,2-5H2,1H3,(H,19,21). The number of nitrogens with zero attached hydrogens (tertiary/aromatic N) is 2. The molecule has 0 spiro atoms. The van der Waals surface area contributed by atoms with Crippen molar-refractivity contribution < 1.29 is 9.18 Å². The second-order valence-electron chi connectivity index (χ2n) is 6.27. The van der Waals surface area contributed by atoms with Gasteiger partial charge in [-0.15, -0.1) is 11.3 Å². The maximum Gasteiger partial charge on any atom is 0.270 e. The summed E-state index contributed by atoms with van der Waals surface area (Å²) in [7, 11) is 0. The van der Waals surface area contributed by atoms with Crippen LogP contribution in [0.3, 0.4) is 0 Å². The fraction of sp³-hybridized carbons (Fsp3) is 0.500. The summed E-state index contributed by atoms with van der Waals surface area (Å²) < 4.78 is 14.0. The van der Waals surface area contributed by atoms with E-state index in [1.807, 2.05) is 0 Å². The summed E-state index contributed by atoms with van der Waals surface area (Å²) in [6.45, 7) is 4.45. The summed E-state index contributed by atoms with van der Waals surface area (Å²) in [5.74, 6) is 0.410. The molecule has 0 radical (unpaired) electrons. The number of thiophene rings is 1. The molecule has 2 aromatic heterocycles. The van der Waals surface area contributed by atoms with Gasteiger partial charge in [-0.25, -0.2) is 0 Å². The summed E-state index contributed by atoms with van der Waals surface area (Å²) >= 11 is 1.05. The highest BCUT2D eigenvalue weighted by molar-refractivity contribution is 7.17. The molecule has 1 N–H and O–H groups in total. The molecule has 3 aliphatic rings. The van der Waals surface area contributed by atoms with Gasteiger partial charge in [0.2, 0.25) is 0 Å². The Balaban J connectivity index is 1.55. The van der Waals surface area contributed by atoms with Gasteiger partial charge in [-0.3, -0.25) is 14.7 Å². The Labute approximate surface area is 132 Å². The highest BCUT2D eigenvalue weighted by atomic mass is 32.1. The minimum atomic E-state index is -0.250. The molecule has 0 aromatic carbocycles. The molecule has 5 heterocycles. The van der Waals surface area contributed by atoms with Gasteiger partial charge in [0, 0.05) is 28.4 Å². The molecule has 5 rings (SSSR count). The normalized spacial score (nSPS) is 30.6. The number of aromatic nitrogens is 1. The average molecular weight is 319 g/mol. The molecule has 2 bridgehead atoms. The van der Waals surface area contributed by atoms with Gasteiger partial charge >= 0.3 is 0 Å². The Morgan fingerprint density at radius 2 is 2.18 bits per heavy atom. The van der Waals surface area contributed by atoms with Gasteiger partial charge in [0.1, 0.15) is 5.69 Å². The van der Waals surface area contributed by atoms with Gasteiger partial charge in [0.15, 0.2) is 5.13 Å². The lowest BCUT2D eigenvalue weighted by molar-refractivity contribution is 0.0216. The van der Waals surface area contributed by atoms with E-state index in [1.165, 1.54) is 6.07 Å². The number of nitrogens with one attached hydrogen (secondary N) is 1. The summed E-state index contributed by atoms with van der Waals surface area (Å²) in [5.41, 5.74) is 0.373. The van der Waals surface area contributed by atoms with Gasteiger partial charge in [0.05, 0.1) is 0 Å². The molecule has 0 saturated carbocycles. The second-order valence-corrected chi connectivity index (χ2v) is 7.31. The monoisotopic (exact) mass is 319 g/mol. The fourth-order valence-corrected chi connectivity index (χ4v) is 4.59. The van der Waals surface area contributed by atoms with Gasteiger partial charge in [0.25, 0.3) is 5.91 Å². The van der Waals surface area contributed by atoms with E-state index < -0.39 is 0 Å². The molecule has 6 heteroatoms. The number of pyridine rings is 1. The van der Waals surface area contributed by atoms with Crippen LogP contribution in [0, 0.1) is 11.0 Å². The van der Waals surface area contributed by atoms with Crippen LogP contribution in [0.2, 0.25) is 0 Å². The van der Waals surface area contributed by atoms with E-state index in [9.17, 15) is 9.18 Å². The smallest absolute Gasteiger partial charge is 0.270 e. The number of hydrogen-bond donors (Lipinski definition) is 1. The zero-order valence-corrected chi connectivity index (χ0v) is 13.2. The van der Waals surface area contributed by atoms with Crippen LogP contribution in [-0.4, -0.2) is 41.0 Å². The summed E-state index contributed by atoms with van der Waals surface area (Å²) in [5, 5.41) is 3.65. The van der Waals surface area contributed by atoms with Gasteiger partial charge < -0.3 is 5.32 Å². The van der Waals surface area contributed by atoms with Crippen molar-refractivity contribution in [2.24, 2.45) is 5.92 Å². The van der Waals surface area contributed by atoms with E-state index in [1.54, 1.807) is 12.3 Å². The van der Waals surface area contributed by atoms with Crippen LogP contribution >= 0.6 is 11.3 Å². The summed E-state index contributed by atoms with van der Waals surface area (Å²) in [6, 6.07) is 3.70. The molecule has 3 aliphatic heterocycles. The van der Waals surface area contributed by atoms with Crippen LogP contribution in [0.1, 0.15) is 30.3 Å². The van der Waals surface area contributed by atoms with E-state index in [0.29, 0.717) is 17.7 Å². The van der Waals surface area contributed by atoms with E-state index in [4.69, 9.17) is 0 Å². The number of carbonyl (C=O) groups is 1. The SMILES string of the molecule is CC1C(NC(=O)c2cc3sc(F)cc3cn2)C2CCN1CC2. The summed E-state index contributed by atoms with van der Waals surface area (Å²) in [4.78, 5) is 19.1. The Morgan fingerprint density at radius 3 is 2.91 bits per heavy atom. The van der Waals surface area contributed by atoms with Crippen LogP contribution in [-0.2, 0) is 0 Å². The van der Waals surface area contributed by atoms with Gasteiger partial charge in [-0.05, 0) is 50.9 Å². The van der Waals surface area contributed by atoms with E-state index in [-0.39, 0.29) is 17.1 Å². The van der Waals surface area contributed by atoms with Gasteiger partial charge in [-0.1, -0.05) is 0 Å². The third kappa shape index (κ3) is 2.30. The lowest BCUT2D eigenvalue weighted by Gasteiger charge is -2.49. The molecular weight excluding hydrogens is 301 g/mol. The molecule has 3 saturated heterocycles. The van der Waals surface area contributed by atoms with Crippen molar-refractivity contribution in [3.63, 3.8) is 0 Å². The minimum Gasteiger partial charge on any atom is -0.346 e. The lowest BCUT2D eigenvalue weighted by atomic mass is 9.79. The van der Waals surface area contributed by atoms with Crippen molar-refractivity contribution in [1.29, 1.82) is 0 Å². The van der Waals surface area contributed by atoms with Crippen molar-refractivity contribution in [1.82, 2.24) is 15.2 Å². The molecular formula is C16H18FN3OS. The number of piperidine rings is 3. The fourth-order valence-electron chi connectivity index (χ4n) is 3.80. The Morgan fingerprint density at radius 1 is 1.41 bits per heavy atom. The first-order valence-corrected chi connectivity index (χ1v) is 8.53. The Bertz CT molecular complexity index is 721. The molecule has 2 aromatic rings. The quantitative estimate of drug-likeness (QED) is 0.925. The second kappa shape index (κ2) is 5.28. The highest BCUT2D eigenvalue weighted by Crippen LogP contribution is 2.32. The van der Waals surface area contributed by atoms with Crippen LogP contribution < -0.4 is 5.32 Å². The molecule has 22 heavy (non-hydrogen) atoms. The van der Waals surface area contributed by atoms with Crippen LogP contribution in [0.4, 0.5) is 4.39 Å². The molecule has 0 aliphatic carbocycles. The molecule has 116 valence electrons. The predicted octanol–water partition coefficient (Wildman–Crippen LogP) is 2.65. The third-order valence-electron chi connectivity index (χ3n) is 5.08. The van der Waals surface area contributed by atoms with Crippen molar-refractivity contribution in [3.8, 4) is 0 Å². The summed E-state index contributed by atoms with van der Waals surface area (Å²) in [6.07, 6.45) is 3.87. The largest absolute Gasteiger partial charge is 0.346 e. The number of rotatable bonds is 2. The highest BCUT2D eigenvalue weighted by Gasteiger charge is 2.40. The first-order chi connectivity index (χ1) is 10.6. The molecule has 4 nitrogen and oxygen atoms in total. The first kappa shape index (κ1) is 14.1. The Kier molecular flexibility index (Phi) is 3.38. The zero-order valence-electron chi connectivity index (χ0n) is 12.4. The number of carbonyl (C=O) groups excluding carboxylic acids is 1. The first-order valence-electron chi connectivity index (χ1n) is 7.72.